The third-order valence-corrected chi connectivity index (χ3v) is 6.33. The van der Waals surface area contributed by atoms with Gasteiger partial charge in [-0.25, -0.2) is 0 Å². The molecule has 2 aliphatic rings. The summed E-state index contributed by atoms with van der Waals surface area (Å²) in [6.07, 6.45) is 4.59. The van der Waals surface area contributed by atoms with Gasteiger partial charge in [0.1, 0.15) is 10.6 Å². The minimum atomic E-state index is -0.0292. The van der Waals surface area contributed by atoms with Crippen molar-refractivity contribution in [3.05, 3.63) is 16.6 Å². The highest BCUT2D eigenvalue weighted by Gasteiger charge is 2.25. The summed E-state index contributed by atoms with van der Waals surface area (Å²) in [7, 11) is 0. The Balaban J connectivity index is 1.54. The van der Waals surface area contributed by atoms with Crippen LogP contribution in [0.5, 0.6) is 0 Å². The number of aryl methyl sites for hydroxylation is 1. The minimum Gasteiger partial charge on any atom is -0.381 e. The molecule has 2 aromatic heterocycles. The van der Waals surface area contributed by atoms with E-state index >= 15 is 0 Å². The van der Waals surface area contributed by atoms with Crippen molar-refractivity contribution in [1.82, 2.24) is 15.1 Å². The third kappa shape index (κ3) is 3.35. The Morgan fingerprint density at radius 1 is 1.28 bits per heavy atom. The fourth-order valence-electron chi connectivity index (χ4n) is 3.70. The standard InChI is InChI=1S/C18H23N3O3S/c1-11-15-10-16(17(23)19-12-2-4-14(22)5-3-12)25-18(15)21(20-11)13-6-8-24-9-7-13/h10,12-13H,2-9H2,1H3,(H,19,23). The number of aromatic nitrogens is 2. The van der Waals surface area contributed by atoms with Crippen LogP contribution in [-0.2, 0) is 9.53 Å². The Hall–Kier alpha value is -1.73. The Labute approximate surface area is 150 Å². The molecule has 2 aromatic rings. The first kappa shape index (κ1) is 16.7. The van der Waals surface area contributed by atoms with Gasteiger partial charge < -0.3 is 10.1 Å². The number of nitrogens with zero attached hydrogens (tertiary/aromatic N) is 2. The summed E-state index contributed by atoms with van der Waals surface area (Å²) in [6, 6.07) is 2.42. The summed E-state index contributed by atoms with van der Waals surface area (Å²) >= 11 is 1.52. The zero-order valence-electron chi connectivity index (χ0n) is 14.4. The fraction of sp³-hybridized carbons (Fsp3) is 0.611. The van der Waals surface area contributed by atoms with Crippen LogP contribution in [0.3, 0.4) is 0 Å². The number of carbonyl (C=O) groups excluding carboxylic acids is 2. The molecule has 6 nitrogen and oxygen atoms in total. The lowest BCUT2D eigenvalue weighted by molar-refractivity contribution is -0.120. The molecule has 0 aromatic carbocycles. The molecular weight excluding hydrogens is 338 g/mol. The molecule has 0 radical (unpaired) electrons. The molecule has 1 amide bonds. The van der Waals surface area contributed by atoms with Gasteiger partial charge in [-0.05, 0) is 38.7 Å². The van der Waals surface area contributed by atoms with E-state index in [9.17, 15) is 9.59 Å². The number of fused-ring (bicyclic) bond motifs is 1. The van der Waals surface area contributed by atoms with Gasteiger partial charge in [0.05, 0.1) is 16.6 Å². The van der Waals surface area contributed by atoms with Crippen LogP contribution in [0.2, 0.25) is 0 Å². The highest BCUT2D eigenvalue weighted by Crippen LogP contribution is 2.33. The van der Waals surface area contributed by atoms with E-state index in [0.29, 0.717) is 24.7 Å². The first-order valence-corrected chi connectivity index (χ1v) is 9.82. The number of carbonyl (C=O) groups is 2. The van der Waals surface area contributed by atoms with Crippen molar-refractivity contribution < 1.29 is 14.3 Å². The van der Waals surface area contributed by atoms with Crippen LogP contribution in [0.4, 0.5) is 0 Å². The molecule has 25 heavy (non-hydrogen) atoms. The van der Waals surface area contributed by atoms with Crippen LogP contribution in [0.1, 0.15) is 59.9 Å². The Morgan fingerprint density at radius 2 is 2.00 bits per heavy atom. The van der Waals surface area contributed by atoms with Gasteiger partial charge in [0.2, 0.25) is 0 Å². The predicted octanol–water partition coefficient (Wildman–Crippen LogP) is 3.00. The number of rotatable bonds is 3. The normalized spacial score (nSPS) is 20.3. The zero-order valence-corrected chi connectivity index (χ0v) is 15.2. The smallest absolute Gasteiger partial charge is 0.261 e. The number of amides is 1. The SMILES string of the molecule is Cc1nn(C2CCOCC2)c2sc(C(=O)NC3CCC(=O)CC3)cc12. The topological polar surface area (TPSA) is 73.2 Å². The molecule has 2 fully saturated rings. The quantitative estimate of drug-likeness (QED) is 0.912. The van der Waals surface area contributed by atoms with Crippen molar-refractivity contribution in [2.75, 3.05) is 13.2 Å². The largest absolute Gasteiger partial charge is 0.381 e. The van der Waals surface area contributed by atoms with Gasteiger partial charge in [0, 0.05) is 37.5 Å². The van der Waals surface area contributed by atoms with Crippen molar-refractivity contribution in [1.29, 1.82) is 0 Å². The predicted molar refractivity (Wildman–Crippen MR) is 96.2 cm³/mol. The zero-order chi connectivity index (χ0) is 17.4. The van der Waals surface area contributed by atoms with Gasteiger partial charge in [-0.1, -0.05) is 0 Å². The van der Waals surface area contributed by atoms with Gasteiger partial charge in [0.25, 0.3) is 5.91 Å². The van der Waals surface area contributed by atoms with E-state index < -0.39 is 0 Å². The minimum absolute atomic E-state index is 0.0292. The molecule has 1 aliphatic heterocycles. The maximum absolute atomic E-state index is 12.6. The van der Waals surface area contributed by atoms with E-state index in [2.05, 4.69) is 10.00 Å². The van der Waals surface area contributed by atoms with Crippen molar-refractivity contribution in [3.63, 3.8) is 0 Å². The van der Waals surface area contributed by atoms with Crippen molar-refractivity contribution in [2.24, 2.45) is 0 Å². The summed E-state index contributed by atoms with van der Waals surface area (Å²) < 4.78 is 7.54. The molecule has 1 aliphatic carbocycles. The van der Waals surface area contributed by atoms with Crippen molar-refractivity contribution >= 4 is 33.2 Å². The lowest BCUT2D eigenvalue weighted by atomic mass is 9.94. The summed E-state index contributed by atoms with van der Waals surface area (Å²) in [5.74, 6) is 0.276. The first-order chi connectivity index (χ1) is 12.1. The second kappa shape index (κ2) is 6.88. The Kier molecular flexibility index (Phi) is 4.60. The van der Waals surface area contributed by atoms with Crippen molar-refractivity contribution in [3.8, 4) is 0 Å². The van der Waals surface area contributed by atoms with E-state index in [1.165, 1.54) is 11.3 Å². The average molecular weight is 361 g/mol. The van der Waals surface area contributed by atoms with Crippen LogP contribution < -0.4 is 5.32 Å². The molecule has 1 saturated heterocycles. The molecule has 134 valence electrons. The fourth-order valence-corrected chi connectivity index (χ4v) is 4.84. The van der Waals surface area contributed by atoms with E-state index in [-0.39, 0.29) is 11.9 Å². The number of ether oxygens (including phenoxy) is 1. The lowest BCUT2D eigenvalue weighted by Crippen LogP contribution is -2.37. The maximum Gasteiger partial charge on any atom is 0.261 e. The Morgan fingerprint density at radius 3 is 2.72 bits per heavy atom. The second-order valence-corrected chi connectivity index (χ2v) is 8.02. The molecule has 1 saturated carbocycles. The monoisotopic (exact) mass is 361 g/mol. The molecular formula is C18H23N3O3S. The van der Waals surface area contributed by atoms with Crippen LogP contribution in [-0.4, -0.2) is 40.7 Å². The number of hydrogen-bond acceptors (Lipinski definition) is 5. The van der Waals surface area contributed by atoms with Gasteiger partial charge >= 0.3 is 0 Å². The van der Waals surface area contributed by atoms with Crippen molar-refractivity contribution in [2.45, 2.75) is 57.5 Å². The molecule has 0 bridgehead atoms. The van der Waals surface area contributed by atoms with Crippen LogP contribution in [0.25, 0.3) is 10.2 Å². The molecule has 7 heteroatoms. The van der Waals surface area contributed by atoms with E-state index in [0.717, 1.165) is 59.7 Å². The molecule has 0 spiro atoms. The van der Waals surface area contributed by atoms with Gasteiger partial charge in [-0.3, -0.25) is 14.3 Å². The van der Waals surface area contributed by atoms with E-state index in [1.54, 1.807) is 0 Å². The molecule has 4 rings (SSSR count). The Bertz CT molecular complexity index is 794. The lowest BCUT2D eigenvalue weighted by Gasteiger charge is -2.22. The van der Waals surface area contributed by atoms with Gasteiger partial charge in [0.15, 0.2) is 0 Å². The highest BCUT2D eigenvalue weighted by atomic mass is 32.1. The summed E-state index contributed by atoms with van der Waals surface area (Å²) in [6.45, 7) is 3.54. The summed E-state index contributed by atoms with van der Waals surface area (Å²) in [4.78, 5) is 25.8. The third-order valence-electron chi connectivity index (χ3n) is 5.21. The van der Waals surface area contributed by atoms with Gasteiger partial charge in [-0.15, -0.1) is 11.3 Å². The van der Waals surface area contributed by atoms with Crippen LogP contribution >= 0.6 is 11.3 Å². The number of nitrogens with one attached hydrogen (secondary N) is 1. The van der Waals surface area contributed by atoms with E-state index in [1.807, 2.05) is 13.0 Å². The van der Waals surface area contributed by atoms with Crippen LogP contribution in [0, 0.1) is 6.92 Å². The molecule has 1 N–H and O–H groups in total. The first-order valence-electron chi connectivity index (χ1n) is 9.01. The maximum atomic E-state index is 12.6. The number of thiophene rings is 1. The molecule has 3 heterocycles. The van der Waals surface area contributed by atoms with E-state index in [4.69, 9.17) is 9.84 Å². The average Bonchev–Trinajstić information content (AvgIpc) is 3.19. The summed E-state index contributed by atoms with van der Waals surface area (Å²) in [5.41, 5.74) is 0.972. The van der Waals surface area contributed by atoms with Crippen LogP contribution in [0.15, 0.2) is 6.07 Å². The second-order valence-electron chi connectivity index (χ2n) is 6.99. The molecule has 0 unspecified atom stereocenters. The van der Waals surface area contributed by atoms with Gasteiger partial charge in [-0.2, -0.15) is 5.10 Å². The number of ketones is 1. The molecule has 0 atom stereocenters. The summed E-state index contributed by atoms with van der Waals surface area (Å²) in [5, 5.41) is 8.86. The highest BCUT2D eigenvalue weighted by molar-refractivity contribution is 7.20. The number of hydrogen-bond donors (Lipinski definition) is 1. The number of Topliss-reactive ketones (excluding diaryl/α,β-unsaturated/α-hetero) is 1.